The van der Waals surface area contributed by atoms with Crippen molar-refractivity contribution in [2.24, 2.45) is 11.7 Å². The fourth-order valence-corrected chi connectivity index (χ4v) is 5.32. The lowest BCUT2D eigenvalue weighted by atomic mass is 9.82. The van der Waals surface area contributed by atoms with Crippen LogP contribution in [0.5, 0.6) is 0 Å². The molecular weight excluding hydrogens is 258 g/mol. The van der Waals surface area contributed by atoms with E-state index in [2.05, 4.69) is 23.6 Å². The van der Waals surface area contributed by atoms with Crippen LogP contribution in [0, 0.1) is 5.92 Å². The van der Waals surface area contributed by atoms with Crippen molar-refractivity contribution < 1.29 is 0 Å². The minimum atomic E-state index is 0.306. The van der Waals surface area contributed by atoms with Crippen LogP contribution in [-0.4, -0.2) is 53.6 Å². The monoisotopic (exact) mass is 293 g/mol. The topological polar surface area (TPSA) is 32.5 Å². The first-order chi connectivity index (χ1) is 10.2. The van der Waals surface area contributed by atoms with E-state index in [9.17, 15) is 0 Å². The SMILES string of the molecule is CC(C)N1CCCC(CN)(N2CCC3CCCCC32)CC1. The highest BCUT2D eigenvalue weighted by atomic mass is 15.3. The van der Waals surface area contributed by atoms with E-state index >= 15 is 0 Å². The molecule has 3 unspecified atom stereocenters. The molecule has 3 heteroatoms. The van der Waals surface area contributed by atoms with E-state index in [1.807, 2.05) is 0 Å². The maximum Gasteiger partial charge on any atom is 0.0347 e. The predicted molar refractivity (Wildman–Crippen MR) is 89.4 cm³/mol. The second-order valence-electron chi connectivity index (χ2n) is 8.01. The van der Waals surface area contributed by atoms with E-state index in [0.29, 0.717) is 11.6 Å². The molecule has 0 amide bonds. The molecular formula is C18H35N3. The second kappa shape index (κ2) is 6.55. The largest absolute Gasteiger partial charge is 0.329 e. The normalized spacial score (nSPS) is 39.4. The number of hydrogen-bond acceptors (Lipinski definition) is 3. The van der Waals surface area contributed by atoms with Gasteiger partial charge >= 0.3 is 0 Å². The standard InChI is InChI=1S/C18H35N3/c1-15(2)20-11-5-9-18(14-19,10-13-20)21-12-8-16-6-3-4-7-17(16)21/h15-17H,3-14,19H2,1-2H3. The van der Waals surface area contributed by atoms with Crippen LogP contribution in [0.4, 0.5) is 0 Å². The molecule has 2 aliphatic heterocycles. The summed E-state index contributed by atoms with van der Waals surface area (Å²) in [5, 5.41) is 0. The van der Waals surface area contributed by atoms with Crippen molar-refractivity contribution in [3.05, 3.63) is 0 Å². The van der Waals surface area contributed by atoms with Crippen LogP contribution in [0.2, 0.25) is 0 Å². The van der Waals surface area contributed by atoms with E-state index in [-0.39, 0.29) is 0 Å². The summed E-state index contributed by atoms with van der Waals surface area (Å²) in [5.74, 6) is 0.978. The average molecular weight is 293 g/mol. The summed E-state index contributed by atoms with van der Waals surface area (Å²) in [6, 6.07) is 1.53. The van der Waals surface area contributed by atoms with Crippen LogP contribution in [0.3, 0.4) is 0 Å². The van der Waals surface area contributed by atoms with E-state index in [1.54, 1.807) is 0 Å². The second-order valence-corrected chi connectivity index (χ2v) is 8.01. The molecule has 2 N–H and O–H groups in total. The van der Waals surface area contributed by atoms with Gasteiger partial charge in [0.25, 0.3) is 0 Å². The molecule has 3 rings (SSSR count). The van der Waals surface area contributed by atoms with Crippen molar-refractivity contribution in [3.8, 4) is 0 Å². The Labute approximate surface area is 131 Å². The Morgan fingerprint density at radius 2 is 1.81 bits per heavy atom. The molecule has 122 valence electrons. The van der Waals surface area contributed by atoms with Crippen LogP contribution in [0.15, 0.2) is 0 Å². The van der Waals surface area contributed by atoms with Gasteiger partial charge in [0.05, 0.1) is 0 Å². The zero-order chi connectivity index (χ0) is 14.9. The van der Waals surface area contributed by atoms with Gasteiger partial charge in [-0.15, -0.1) is 0 Å². The van der Waals surface area contributed by atoms with Crippen molar-refractivity contribution in [3.63, 3.8) is 0 Å². The minimum Gasteiger partial charge on any atom is -0.329 e. The maximum absolute atomic E-state index is 6.37. The fraction of sp³-hybridized carbons (Fsp3) is 1.00. The number of rotatable bonds is 3. The molecule has 3 atom stereocenters. The highest BCUT2D eigenvalue weighted by molar-refractivity contribution is 5.02. The maximum atomic E-state index is 6.37. The summed E-state index contributed by atoms with van der Waals surface area (Å²) in [4.78, 5) is 5.55. The van der Waals surface area contributed by atoms with E-state index in [4.69, 9.17) is 5.73 Å². The smallest absolute Gasteiger partial charge is 0.0347 e. The minimum absolute atomic E-state index is 0.306. The van der Waals surface area contributed by atoms with Gasteiger partial charge in [0.1, 0.15) is 0 Å². The molecule has 3 nitrogen and oxygen atoms in total. The summed E-state index contributed by atoms with van der Waals surface area (Å²) in [5.41, 5.74) is 6.68. The predicted octanol–water partition coefficient (Wildman–Crippen LogP) is 2.84. The lowest BCUT2D eigenvalue weighted by Gasteiger charge is -2.46. The first kappa shape index (κ1) is 15.8. The van der Waals surface area contributed by atoms with E-state index < -0.39 is 0 Å². The molecule has 1 saturated carbocycles. The first-order valence-corrected chi connectivity index (χ1v) is 9.37. The Kier molecular flexibility index (Phi) is 4.92. The number of likely N-dealkylation sites (tertiary alicyclic amines) is 2. The molecule has 1 aliphatic carbocycles. The lowest BCUT2D eigenvalue weighted by Crippen LogP contribution is -2.57. The summed E-state index contributed by atoms with van der Waals surface area (Å²) < 4.78 is 0. The highest BCUT2D eigenvalue weighted by Gasteiger charge is 2.46. The van der Waals surface area contributed by atoms with Crippen molar-refractivity contribution in [2.75, 3.05) is 26.2 Å². The summed E-state index contributed by atoms with van der Waals surface area (Å²) in [6.45, 7) is 9.35. The van der Waals surface area contributed by atoms with Gasteiger partial charge in [-0.25, -0.2) is 0 Å². The van der Waals surface area contributed by atoms with Crippen molar-refractivity contribution in [2.45, 2.75) is 82.8 Å². The number of nitrogens with two attached hydrogens (primary N) is 1. The van der Waals surface area contributed by atoms with Crippen molar-refractivity contribution in [1.29, 1.82) is 0 Å². The zero-order valence-corrected chi connectivity index (χ0v) is 14.2. The molecule has 21 heavy (non-hydrogen) atoms. The summed E-state index contributed by atoms with van der Waals surface area (Å²) in [7, 11) is 0. The summed E-state index contributed by atoms with van der Waals surface area (Å²) in [6.07, 6.45) is 11.2. The zero-order valence-electron chi connectivity index (χ0n) is 14.2. The van der Waals surface area contributed by atoms with Gasteiger partial charge in [-0.3, -0.25) is 4.90 Å². The van der Waals surface area contributed by atoms with Crippen LogP contribution < -0.4 is 5.73 Å². The molecule has 3 fully saturated rings. The molecule has 0 aromatic rings. The van der Waals surface area contributed by atoms with Crippen LogP contribution >= 0.6 is 0 Å². The Bertz CT molecular complexity index is 343. The van der Waals surface area contributed by atoms with Gasteiger partial charge in [0.15, 0.2) is 0 Å². The van der Waals surface area contributed by atoms with Gasteiger partial charge < -0.3 is 10.6 Å². The first-order valence-electron chi connectivity index (χ1n) is 9.37. The number of nitrogens with zero attached hydrogens (tertiary/aromatic N) is 2. The molecule has 0 aromatic carbocycles. The third kappa shape index (κ3) is 3.02. The van der Waals surface area contributed by atoms with Gasteiger partial charge in [0.2, 0.25) is 0 Å². The van der Waals surface area contributed by atoms with Crippen LogP contribution in [-0.2, 0) is 0 Å². The number of hydrogen-bond donors (Lipinski definition) is 1. The molecule has 2 heterocycles. The third-order valence-corrected chi connectivity index (χ3v) is 6.68. The van der Waals surface area contributed by atoms with E-state index in [1.165, 1.54) is 71.0 Å². The third-order valence-electron chi connectivity index (χ3n) is 6.68. The van der Waals surface area contributed by atoms with Crippen molar-refractivity contribution >= 4 is 0 Å². The molecule has 2 saturated heterocycles. The van der Waals surface area contributed by atoms with Crippen LogP contribution in [0.1, 0.15) is 65.2 Å². The summed E-state index contributed by atoms with van der Waals surface area (Å²) >= 11 is 0. The lowest BCUT2D eigenvalue weighted by molar-refractivity contribution is 0.0418. The number of fused-ring (bicyclic) bond motifs is 1. The van der Waals surface area contributed by atoms with Gasteiger partial charge in [-0.2, -0.15) is 0 Å². The van der Waals surface area contributed by atoms with Gasteiger partial charge in [0, 0.05) is 30.7 Å². The highest BCUT2D eigenvalue weighted by Crippen LogP contribution is 2.42. The molecule has 0 spiro atoms. The Hall–Kier alpha value is -0.120. The molecule has 0 aromatic heterocycles. The molecule has 0 bridgehead atoms. The fourth-order valence-electron chi connectivity index (χ4n) is 5.32. The molecule has 0 radical (unpaired) electrons. The quantitative estimate of drug-likeness (QED) is 0.868. The Morgan fingerprint density at radius 3 is 2.57 bits per heavy atom. The van der Waals surface area contributed by atoms with Crippen molar-refractivity contribution in [1.82, 2.24) is 9.80 Å². The van der Waals surface area contributed by atoms with Gasteiger partial charge in [-0.05, 0) is 71.4 Å². The van der Waals surface area contributed by atoms with Gasteiger partial charge in [-0.1, -0.05) is 12.8 Å². The molecule has 3 aliphatic rings. The Morgan fingerprint density at radius 1 is 1.00 bits per heavy atom. The van der Waals surface area contributed by atoms with Crippen LogP contribution in [0.25, 0.3) is 0 Å². The Balaban J connectivity index is 1.74. The average Bonchev–Trinajstić information content (AvgIpc) is 2.80. The van der Waals surface area contributed by atoms with E-state index in [0.717, 1.165) is 18.5 Å².